The number of nitrogens with zero attached hydrogens (tertiary/aromatic N) is 6. The first-order valence-electron chi connectivity index (χ1n) is 9.99. The van der Waals surface area contributed by atoms with Crippen molar-refractivity contribution in [3.8, 4) is 0 Å². The Hall–Kier alpha value is -1.91. The molecule has 0 radical (unpaired) electrons. The summed E-state index contributed by atoms with van der Waals surface area (Å²) in [6, 6.07) is 6.75. The van der Waals surface area contributed by atoms with Gasteiger partial charge in [0.15, 0.2) is 5.96 Å². The molecule has 1 saturated heterocycles. The van der Waals surface area contributed by atoms with Gasteiger partial charge in [-0.25, -0.2) is 4.39 Å². The van der Waals surface area contributed by atoms with Crippen molar-refractivity contribution in [3.63, 3.8) is 0 Å². The van der Waals surface area contributed by atoms with E-state index in [9.17, 15) is 4.39 Å². The van der Waals surface area contributed by atoms with Gasteiger partial charge in [0.1, 0.15) is 17.5 Å². The standard InChI is InChI=1S/C20H28FN7.HI/c1-15-24-25-19-8-3-16(14-28(15)19)13-23-20(22-2)27-11-9-26(10-12-27)18-6-4-17(21)5-7-18;/h4-7,16H,3,8-14H2,1-2H3,(H,22,23);1H. The average molecular weight is 513 g/mol. The maximum Gasteiger partial charge on any atom is 0.193 e. The Morgan fingerprint density at radius 1 is 1.17 bits per heavy atom. The molecule has 0 amide bonds. The fourth-order valence-electron chi connectivity index (χ4n) is 4.09. The van der Waals surface area contributed by atoms with Crippen LogP contribution in [0.3, 0.4) is 0 Å². The van der Waals surface area contributed by atoms with Crippen LogP contribution >= 0.6 is 24.0 Å². The van der Waals surface area contributed by atoms with Gasteiger partial charge in [0.05, 0.1) is 0 Å². The Labute approximate surface area is 188 Å². The fourth-order valence-corrected chi connectivity index (χ4v) is 4.09. The van der Waals surface area contributed by atoms with Gasteiger partial charge < -0.3 is 19.7 Å². The van der Waals surface area contributed by atoms with E-state index in [1.54, 1.807) is 0 Å². The zero-order chi connectivity index (χ0) is 19.5. The lowest BCUT2D eigenvalue weighted by molar-refractivity contribution is 0.339. The molecule has 1 atom stereocenters. The van der Waals surface area contributed by atoms with E-state index in [2.05, 4.69) is 34.9 Å². The predicted molar refractivity (Wildman–Crippen MR) is 124 cm³/mol. The summed E-state index contributed by atoms with van der Waals surface area (Å²) in [6.45, 7) is 7.50. The van der Waals surface area contributed by atoms with Crippen LogP contribution in [0.15, 0.2) is 29.3 Å². The first-order chi connectivity index (χ1) is 13.6. The molecule has 1 unspecified atom stereocenters. The molecule has 2 aliphatic rings. The Morgan fingerprint density at radius 2 is 1.90 bits per heavy atom. The van der Waals surface area contributed by atoms with E-state index in [0.717, 1.165) is 75.4 Å². The van der Waals surface area contributed by atoms with Crippen molar-refractivity contribution in [3.05, 3.63) is 41.7 Å². The van der Waals surface area contributed by atoms with E-state index in [0.29, 0.717) is 5.92 Å². The van der Waals surface area contributed by atoms with Gasteiger partial charge in [-0.3, -0.25) is 4.99 Å². The molecule has 1 aromatic carbocycles. The highest BCUT2D eigenvalue weighted by molar-refractivity contribution is 14.0. The molecule has 0 aliphatic carbocycles. The van der Waals surface area contributed by atoms with Gasteiger partial charge in [0.2, 0.25) is 0 Å². The minimum Gasteiger partial charge on any atom is -0.368 e. The second-order valence-electron chi connectivity index (χ2n) is 7.56. The number of aliphatic imine (C=N–C) groups is 1. The normalized spacial score (nSPS) is 19.6. The van der Waals surface area contributed by atoms with Crippen molar-refractivity contribution in [1.82, 2.24) is 25.0 Å². The number of anilines is 1. The first-order valence-corrected chi connectivity index (χ1v) is 9.99. The van der Waals surface area contributed by atoms with Crippen molar-refractivity contribution in [2.45, 2.75) is 26.3 Å². The SMILES string of the molecule is CN=C(NCC1CCc2nnc(C)n2C1)N1CCN(c2ccc(F)cc2)CC1.I. The van der Waals surface area contributed by atoms with Crippen molar-refractivity contribution in [2.24, 2.45) is 10.9 Å². The molecular weight excluding hydrogens is 484 g/mol. The number of hydrogen-bond acceptors (Lipinski definition) is 4. The molecule has 9 heteroatoms. The van der Waals surface area contributed by atoms with Crippen molar-refractivity contribution in [1.29, 1.82) is 0 Å². The summed E-state index contributed by atoms with van der Waals surface area (Å²) >= 11 is 0. The van der Waals surface area contributed by atoms with Crippen LogP contribution in [0.1, 0.15) is 18.1 Å². The van der Waals surface area contributed by atoms with Crippen LogP contribution in [0.5, 0.6) is 0 Å². The zero-order valence-electron chi connectivity index (χ0n) is 17.0. The van der Waals surface area contributed by atoms with Crippen LogP contribution in [0, 0.1) is 18.7 Å². The van der Waals surface area contributed by atoms with Crippen LogP contribution in [0.4, 0.5) is 10.1 Å². The molecule has 2 aliphatic heterocycles. The van der Waals surface area contributed by atoms with Crippen LogP contribution < -0.4 is 10.2 Å². The predicted octanol–water partition coefficient (Wildman–Crippen LogP) is 2.30. The molecule has 0 bridgehead atoms. The highest BCUT2D eigenvalue weighted by atomic mass is 127. The van der Waals surface area contributed by atoms with Crippen molar-refractivity contribution < 1.29 is 4.39 Å². The summed E-state index contributed by atoms with van der Waals surface area (Å²) in [6.07, 6.45) is 2.11. The zero-order valence-corrected chi connectivity index (χ0v) is 19.3. The fraction of sp³-hybridized carbons (Fsp3) is 0.550. The summed E-state index contributed by atoms with van der Waals surface area (Å²) in [5, 5.41) is 12.0. The number of piperazine rings is 1. The largest absolute Gasteiger partial charge is 0.368 e. The number of aryl methyl sites for hydroxylation is 2. The molecule has 7 nitrogen and oxygen atoms in total. The third-order valence-electron chi connectivity index (χ3n) is 5.76. The quantitative estimate of drug-likeness (QED) is 0.388. The monoisotopic (exact) mass is 513 g/mol. The van der Waals surface area contributed by atoms with Crippen LogP contribution in [0.2, 0.25) is 0 Å². The molecule has 3 heterocycles. The minimum atomic E-state index is -0.191. The molecule has 4 rings (SSSR count). The molecule has 2 aromatic rings. The lowest BCUT2D eigenvalue weighted by atomic mass is 9.99. The highest BCUT2D eigenvalue weighted by Gasteiger charge is 2.24. The van der Waals surface area contributed by atoms with Crippen LogP contribution in [-0.2, 0) is 13.0 Å². The molecule has 1 fully saturated rings. The van der Waals surface area contributed by atoms with Gasteiger partial charge >= 0.3 is 0 Å². The van der Waals surface area contributed by atoms with Crippen LogP contribution in [0.25, 0.3) is 0 Å². The van der Waals surface area contributed by atoms with Gasteiger partial charge in [-0.05, 0) is 43.5 Å². The van der Waals surface area contributed by atoms with E-state index in [1.807, 2.05) is 26.1 Å². The van der Waals surface area contributed by atoms with Gasteiger partial charge in [0.25, 0.3) is 0 Å². The van der Waals surface area contributed by atoms with Gasteiger partial charge in [-0.2, -0.15) is 0 Å². The maximum absolute atomic E-state index is 13.1. The Kier molecular flexibility index (Phi) is 7.31. The molecule has 29 heavy (non-hydrogen) atoms. The van der Waals surface area contributed by atoms with E-state index in [1.165, 1.54) is 12.1 Å². The maximum atomic E-state index is 13.1. The molecular formula is C20H29FIN7. The summed E-state index contributed by atoms with van der Waals surface area (Å²) in [5.41, 5.74) is 1.08. The Morgan fingerprint density at radius 3 is 2.59 bits per heavy atom. The second kappa shape index (κ2) is 9.73. The third kappa shape index (κ3) is 4.99. The first kappa shape index (κ1) is 21.8. The number of fused-ring (bicyclic) bond motifs is 1. The van der Waals surface area contributed by atoms with E-state index in [-0.39, 0.29) is 29.8 Å². The number of nitrogens with one attached hydrogen (secondary N) is 1. The van der Waals surface area contributed by atoms with Crippen molar-refractivity contribution in [2.75, 3.05) is 44.7 Å². The minimum absolute atomic E-state index is 0. The molecule has 0 spiro atoms. The van der Waals surface area contributed by atoms with Gasteiger partial charge in [0, 0.05) is 58.4 Å². The molecule has 0 saturated carbocycles. The summed E-state index contributed by atoms with van der Waals surface area (Å²) in [7, 11) is 1.84. The number of aromatic nitrogens is 3. The molecule has 1 N–H and O–H groups in total. The highest BCUT2D eigenvalue weighted by Crippen LogP contribution is 2.20. The van der Waals surface area contributed by atoms with E-state index in [4.69, 9.17) is 0 Å². The Balaban J connectivity index is 0.00000240. The molecule has 1 aromatic heterocycles. The Bertz CT molecular complexity index is 828. The van der Waals surface area contributed by atoms with Crippen molar-refractivity contribution >= 4 is 35.6 Å². The summed E-state index contributed by atoms with van der Waals surface area (Å²) in [4.78, 5) is 9.09. The number of hydrogen-bond donors (Lipinski definition) is 1. The number of benzene rings is 1. The van der Waals surface area contributed by atoms with E-state index < -0.39 is 0 Å². The van der Waals surface area contributed by atoms with Gasteiger partial charge in [-0.15, -0.1) is 34.2 Å². The summed E-state index contributed by atoms with van der Waals surface area (Å²) < 4.78 is 15.4. The topological polar surface area (TPSA) is 61.6 Å². The lowest BCUT2D eigenvalue weighted by Crippen LogP contribution is -2.53. The second-order valence-corrected chi connectivity index (χ2v) is 7.56. The average Bonchev–Trinajstić information content (AvgIpc) is 3.10. The number of rotatable bonds is 3. The third-order valence-corrected chi connectivity index (χ3v) is 5.76. The van der Waals surface area contributed by atoms with Gasteiger partial charge in [-0.1, -0.05) is 0 Å². The van der Waals surface area contributed by atoms with Crippen LogP contribution in [-0.4, -0.2) is 65.4 Å². The summed E-state index contributed by atoms with van der Waals surface area (Å²) in [5.74, 6) is 3.43. The number of halogens is 2. The molecule has 158 valence electrons. The number of guanidine groups is 1. The lowest BCUT2D eigenvalue weighted by Gasteiger charge is -2.38. The smallest absolute Gasteiger partial charge is 0.193 e. The van der Waals surface area contributed by atoms with E-state index >= 15 is 0 Å².